The van der Waals surface area contributed by atoms with Crippen LogP contribution in [0.2, 0.25) is 0 Å². The Morgan fingerprint density at radius 3 is 1.97 bits per heavy atom. The van der Waals surface area contributed by atoms with Gasteiger partial charge in [-0.3, -0.25) is 0 Å². The summed E-state index contributed by atoms with van der Waals surface area (Å²) in [5.74, 6) is 0. The normalized spacial score (nSPS) is 14.9. The van der Waals surface area contributed by atoms with Gasteiger partial charge in [-0.2, -0.15) is 0 Å². The van der Waals surface area contributed by atoms with Crippen molar-refractivity contribution in [1.82, 2.24) is 4.57 Å². The van der Waals surface area contributed by atoms with Gasteiger partial charge >= 0.3 is 0 Å². The van der Waals surface area contributed by atoms with Crippen LogP contribution >= 0.6 is 22.7 Å². The number of anilines is 2. The lowest BCUT2D eigenvalue weighted by molar-refractivity contribution is 0.332. The van der Waals surface area contributed by atoms with Crippen LogP contribution in [0.25, 0.3) is 112 Å². The predicted octanol–water partition coefficient (Wildman–Crippen LogP) is 18.6. The second kappa shape index (κ2) is 15.6. The van der Waals surface area contributed by atoms with Crippen LogP contribution in [0.1, 0.15) is 78.0 Å². The summed E-state index contributed by atoms with van der Waals surface area (Å²) in [6.07, 6.45) is 2.38. The van der Waals surface area contributed by atoms with Gasteiger partial charge in [0.2, 0.25) is 0 Å². The number of para-hydroxylation sites is 1. The van der Waals surface area contributed by atoms with Gasteiger partial charge in [0.1, 0.15) is 11.2 Å². The van der Waals surface area contributed by atoms with Gasteiger partial charge in [0.15, 0.2) is 7.28 Å². The highest BCUT2D eigenvalue weighted by molar-refractivity contribution is 7.26. The molecule has 13 aromatic rings. The molecule has 0 saturated carbocycles. The Hall–Kier alpha value is -7.38. The molecule has 2 aliphatic rings. The van der Waals surface area contributed by atoms with Gasteiger partial charge in [-0.05, 0) is 129 Å². The lowest BCUT2D eigenvalue weighted by Crippen LogP contribution is -2.37. The fraction of sp³-hybridized carbons (Fsp3) is 0.176. The van der Waals surface area contributed by atoms with Gasteiger partial charge in [0.05, 0.1) is 5.52 Å². The summed E-state index contributed by atoms with van der Waals surface area (Å²) < 4.78 is 13.2. The van der Waals surface area contributed by atoms with Gasteiger partial charge in [0, 0.05) is 96.5 Å². The van der Waals surface area contributed by atoms with E-state index in [4.69, 9.17) is 4.42 Å². The molecule has 357 valence electrons. The fourth-order valence-electron chi connectivity index (χ4n) is 12.7. The SMILES string of the molecule is CC(C)(C)c1ccc(Nc2cc3sc4cc5c(cc4c3cc2-c2ccc3c4cc6c(cc4n4c3c2[B]c2cc3sc(-c7ccccc7)c(-c7ccccc7)c3cc2-4)oc2ccccc26)C(C)(C)CCC5(C)C)cc1. The molecular formula is C68H54BN2OS2. The van der Waals surface area contributed by atoms with Crippen molar-refractivity contribution >= 4 is 126 Å². The van der Waals surface area contributed by atoms with E-state index in [1.807, 2.05) is 22.7 Å². The molecule has 3 nitrogen and oxygen atoms in total. The number of thiophene rings is 2. The third-order valence-electron chi connectivity index (χ3n) is 16.8. The molecule has 1 radical (unpaired) electrons. The Kier molecular flexibility index (Phi) is 9.29. The summed E-state index contributed by atoms with van der Waals surface area (Å²) in [5, 5.41) is 12.7. The van der Waals surface area contributed by atoms with Gasteiger partial charge in [-0.25, -0.2) is 0 Å². The number of furan rings is 1. The van der Waals surface area contributed by atoms with Crippen molar-refractivity contribution in [3.8, 4) is 38.4 Å². The minimum Gasteiger partial charge on any atom is -0.456 e. The first-order chi connectivity index (χ1) is 35.8. The average Bonchev–Trinajstić information content (AvgIpc) is 4.15. The van der Waals surface area contributed by atoms with Crippen LogP contribution in [-0.4, -0.2) is 11.8 Å². The Bertz CT molecular complexity index is 4500. The van der Waals surface area contributed by atoms with Crippen molar-refractivity contribution in [3.63, 3.8) is 0 Å². The number of hydrogen-bond donors (Lipinski definition) is 1. The lowest BCUT2D eigenvalue weighted by atomic mass is 9.59. The fourth-order valence-corrected chi connectivity index (χ4v) is 15.1. The standard InChI is InChI=1S/C68H54BN2OS2/c1-66(2,3)40-22-24-41(25-23-40)70-54-36-61-48(49-32-51-52(34-59(49)73-61)68(6,7)29-28-67(51,4)5)30-45(54)43-26-27-44-46-31-47-42-20-14-15-21-57(42)72-58(47)37-55(46)71-56-33-50-60(35-53(56)69-63(43)64(44)71)74-65(39-18-12-9-13-19-39)62(50)38-16-10-8-11-17-38/h8-27,30-37,70H,28-29H2,1-7H3. The number of nitrogens with one attached hydrogen (secondary N) is 1. The van der Waals surface area contributed by atoms with E-state index in [2.05, 4.69) is 235 Å². The third kappa shape index (κ3) is 6.56. The number of rotatable bonds is 5. The molecule has 74 heavy (non-hydrogen) atoms. The first-order valence-corrected chi connectivity index (χ1v) is 27.8. The summed E-state index contributed by atoms with van der Waals surface area (Å²) in [6.45, 7) is 16.6. The van der Waals surface area contributed by atoms with E-state index >= 15 is 0 Å². The molecule has 0 amide bonds. The molecule has 0 spiro atoms. The molecule has 0 saturated heterocycles. The summed E-state index contributed by atoms with van der Waals surface area (Å²) in [7, 11) is 2.49. The number of aromatic nitrogens is 1. The Morgan fingerprint density at radius 2 is 1.22 bits per heavy atom. The minimum absolute atomic E-state index is 0.0567. The van der Waals surface area contributed by atoms with Gasteiger partial charge < -0.3 is 14.3 Å². The molecular weight excluding hydrogens is 936 g/mol. The van der Waals surface area contributed by atoms with E-state index in [1.165, 1.54) is 125 Å². The van der Waals surface area contributed by atoms with Crippen molar-refractivity contribution in [1.29, 1.82) is 0 Å². The monoisotopic (exact) mass is 989 g/mol. The maximum absolute atomic E-state index is 6.68. The maximum atomic E-state index is 6.68. The molecule has 1 N–H and O–H groups in total. The van der Waals surface area contributed by atoms with E-state index < -0.39 is 0 Å². The van der Waals surface area contributed by atoms with Crippen LogP contribution in [0.5, 0.6) is 0 Å². The molecule has 6 heteroatoms. The average molecular weight is 990 g/mol. The Labute approximate surface area is 440 Å². The van der Waals surface area contributed by atoms with Crippen LogP contribution in [0, 0.1) is 0 Å². The van der Waals surface area contributed by atoms with Gasteiger partial charge in [-0.15, -0.1) is 22.7 Å². The van der Waals surface area contributed by atoms with E-state index in [1.54, 1.807) is 0 Å². The summed E-state index contributed by atoms with van der Waals surface area (Å²) in [6, 6.07) is 63.9. The number of fused-ring (bicyclic) bond motifs is 13. The van der Waals surface area contributed by atoms with Crippen molar-refractivity contribution in [2.45, 2.75) is 77.6 Å². The van der Waals surface area contributed by atoms with Crippen LogP contribution in [0.3, 0.4) is 0 Å². The van der Waals surface area contributed by atoms with Crippen LogP contribution < -0.4 is 16.2 Å². The molecule has 4 aromatic heterocycles. The molecule has 0 atom stereocenters. The summed E-state index contributed by atoms with van der Waals surface area (Å²) >= 11 is 3.83. The van der Waals surface area contributed by atoms with E-state index in [0.717, 1.165) is 38.8 Å². The smallest absolute Gasteiger partial charge is 0.197 e. The van der Waals surface area contributed by atoms with E-state index in [9.17, 15) is 0 Å². The molecule has 5 heterocycles. The second-order valence-electron chi connectivity index (χ2n) is 23.4. The van der Waals surface area contributed by atoms with Crippen molar-refractivity contribution in [2.75, 3.05) is 5.32 Å². The molecule has 15 rings (SSSR count). The highest BCUT2D eigenvalue weighted by Gasteiger charge is 2.38. The Morgan fingerprint density at radius 1 is 0.541 bits per heavy atom. The molecule has 0 unspecified atom stereocenters. The van der Waals surface area contributed by atoms with Crippen molar-refractivity contribution in [2.24, 2.45) is 0 Å². The third-order valence-corrected chi connectivity index (χ3v) is 19.2. The topological polar surface area (TPSA) is 30.1 Å². The highest BCUT2D eigenvalue weighted by Crippen LogP contribution is 2.52. The zero-order chi connectivity index (χ0) is 50.0. The molecule has 1 aliphatic heterocycles. The maximum Gasteiger partial charge on any atom is 0.197 e. The van der Waals surface area contributed by atoms with Crippen LogP contribution in [0.15, 0.2) is 174 Å². The van der Waals surface area contributed by atoms with Crippen molar-refractivity contribution < 1.29 is 4.42 Å². The predicted molar refractivity (Wildman–Crippen MR) is 321 cm³/mol. The van der Waals surface area contributed by atoms with Crippen molar-refractivity contribution in [3.05, 3.63) is 187 Å². The first-order valence-electron chi connectivity index (χ1n) is 26.2. The summed E-state index contributed by atoms with van der Waals surface area (Å²) in [4.78, 5) is 1.29. The summed E-state index contributed by atoms with van der Waals surface area (Å²) in [5.41, 5.74) is 20.7. The van der Waals surface area contributed by atoms with E-state index in [0.29, 0.717) is 0 Å². The largest absolute Gasteiger partial charge is 0.456 e. The molecule has 0 fully saturated rings. The van der Waals surface area contributed by atoms with Gasteiger partial charge in [0.25, 0.3) is 0 Å². The molecule has 0 bridgehead atoms. The van der Waals surface area contributed by atoms with Crippen LogP contribution in [0.4, 0.5) is 11.4 Å². The van der Waals surface area contributed by atoms with Gasteiger partial charge in [-0.1, -0.05) is 157 Å². The quantitative estimate of drug-likeness (QED) is 0.174. The minimum atomic E-state index is 0.0567. The lowest BCUT2D eigenvalue weighted by Gasteiger charge is -2.41. The second-order valence-corrected chi connectivity index (χ2v) is 25.6. The Balaban J connectivity index is 1.02. The molecule has 1 aliphatic carbocycles. The highest BCUT2D eigenvalue weighted by atomic mass is 32.1. The van der Waals surface area contributed by atoms with Crippen LogP contribution in [-0.2, 0) is 16.2 Å². The number of hydrogen-bond acceptors (Lipinski definition) is 4. The molecule has 9 aromatic carbocycles. The number of nitrogens with zero attached hydrogens (tertiary/aromatic N) is 1. The van der Waals surface area contributed by atoms with E-state index in [-0.39, 0.29) is 16.2 Å². The first kappa shape index (κ1) is 44.1. The number of benzene rings is 9. The zero-order valence-electron chi connectivity index (χ0n) is 42.8. The zero-order valence-corrected chi connectivity index (χ0v) is 44.5.